The number of nitrogens with zero attached hydrogens (tertiary/aromatic N) is 2. The second-order valence-corrected chi connectivity index (χ2v) is 16.7. The summed E-state index contributed by atoms with van der Waals surface area (Å²) in [4.78, 5) is 76.0. The lowest BCUT2D eigenvalue weighted by Crippen LogP contribution is -2.59. The van der Waals surface area contributed by atoms with Gasteiger partial charge in [0.1, 0.15) is 17.8 Å². The van der Waals surface area contributed by atoms with Crippen LogP contribution >= 0.6 is 11.6 Å². The maximum Gasteiger partial charge on any atom is 0.289 e. The molecule has 2 aliphatic carbocycles. The lowest BCUT2D eigenvalue weighted by molar-refractivity contribution is -0.145. The van der Waals surface area contributed by atoms with Crippen molar-refractivity contribution in [2.24, 2.45) is 16.5 Å². The van der Waals surface area contributed by atoms with Crippen molar-refractivity contribution in [3.63, 3.8) is 0 Å². The minimum Gasteiger partial charge on any atom is -0.466 e. The quantitative estimate of drug-likeness (QED) is 0.267. The Bertz CT molecular complexity index is 1600. The number of halogens is 1. The number of carbonyl (C=O) groups excluding carboxylic acids is 5. The molecule has 6 rings (SSSR count). The molecule has 0 bridgehead atoms. The van der Waals surface area contributed by atoms with Crippen LogP contribution in [0, 0.1) is 11.3 Å². The van der Waals surface area contributed by atoms with Gasteiger partial charge in [0.25, 0.3) is 5.91 Å². The summed E-state index contributed by atoms with van der Waals surface area (Å²) < 4.78 is 11.3. The topological polar surface area (TPSA) is 165 Å². The number of Topliss-reactive ketones (excluding diaryl/α,β-unsaturated/α-hetero) is 1. The standard InChI is InChI=1S/C38H52ClN5O8/c1-5-9-27(31(46)35(48)40-25-12-13-25)41-34(47)29-18-38(17-28(43-52-38)26-16-24(39)15-23-19-50-21-51-32(23)26)20-44(29)36(49)33(37(2,3)4)42-30(45)14-22-10-7-6-8-11-22/h15-16,22,25,27,29,33H,5-14,17-21H2,1-4H3,(H,40,48)(H,41,47)(H,42,45)/t27-,29-,33+,38+/m0/s1. The van der Waals surface area contributed by atoms with Gasteiger partial charge in [-0.1, -0.05) is 70.1 Å². The van der Waals surface area contributed by atoms with E-state index in [1.54, 1.807) is 12.1 Å². The van der Waals surface area contributed by atoms with E-state index in [-0.39, 0.29) is 50.5 Å². The molecule has 1 spiro atoms. The number of nitrogens with one attached hydrogen (secondary N) is 3. The van der Waals surface area contributed by atoms with E-state index in [1.807, 2.05) is 27.7 Å². The summed E-state index contributed by atoms with van der Waals surface area (Å²) in [5, 5.41) is 13.5. The van der Waals surface area contributed by atoms with Gasteiger partial charge in [0.2, 0.25) is 23.5 Å². The molecule has 3 N–H and O–H groups in total. The monoisotopic (exact) mass is 741 g/mol. The number of ketones is 1. The summed E-state index contributed by atoms with van der Waals surface area (Å²) in [5.74, 6) is -1.76. The van der Waals surface area contributed by atoms with Gasteiger partial charge < -0.3 is 35.2 Å². The number of oxime groups is 1. The molecule has 0 unspecified atom stereocenters. The highest BCUT2D eigenvalue weighted by molar-refractivity contribution is 6.38. The first-order valence-corrected chi connectivity index (χ1v) is 19.2. The number of amides is 4. The SMILES string of the molecule is CCC[C@H](NC(=O)[C@@H]1C[C@]2(CC(c3cc(Cl)cc4c3OCOC4)=NO2)CN1C(=O)[C@@H](NC(=O)CC1CCCCC1)C(C)(C)C)C(=O)C(=O)NC1CC1. The molecular weight excluding hydrogens is 690 g/mol. The normalized spacial score (nSPS) is 24.2. The van der Waals surface area contributed by atoms with Crippen LogP contribution in [0.3, 0.4) is 0 Å². The highest BCUT2D eigenvalue weighted by atomic mass is 35.5. The molecule has 3 heterocycles. The predicted octanol–water partition coefficient (Wildman–Crippen LogP) is 4.30. The number of rotatable bonds is 12. The van der Waals surface area contributed by atoms with Crippen molar-refractivity contribution in [3.8, 4) is 5.75 Å². The molecule has 0 aromatic heterocycles. The first kappa shape index (κ1) is 38.0. The van der Waals surface area contributed by atoms with Crippen molar-refractivity contribution >= 4 is 46.7 Å². The van der Waals surface area contributed by atoms with E-state index in [0.29, 0.717) is 41.5 Å². The van der Waals surface area contributed by atoms with Gasteiger partial charge in [0, 0.05) is 41.5 Å². The molecule has 1 aromatic rings. The van der Waals surface area contributed by atoms with Crippen LogP contribution in [0.5, 0.6) is 5.75 Å². The molecule has 3 fully saturated rings. The van der Waals surface area contributed by atoms with E-state index >= 15 is 0 Å². The van der Waals surface area contributed by atoms with Crippen molar-refractivity contribution in [1.82, 2.24) is 20.9 Å². The van der Waals surface area contributed by atoms with Crippen molar-refractivity contribution in [1.29, 1.82) is 0 Å². The molecule has 0 radical (unpaired) electrons. The van der Waals surface area contributed by atoms with Crippen LogP contribution in [0.4, 0.5) is 0 Å². The number of carbonyl (C=O) groups is 5. The molecular formula is C38H52ClN5O8. The Morgan fingerprint density at radius 3 is 2.50 bits per heavy atom. The summed E-state index contributed by atoms with van der Waals surface area (Å²) >= 11 is 6.47. The molecule has 4 atom stereocenters. The zero-order valence-corrected chi connectivity index (χ0v) is 31.4. The number of hydrogen-bond acceptors (Lipinski definition) is 9. The van der Waals surface area contributed by atoms with Crippen molar-refractivity contribution in [2.45, 2.75) is 141 Å². The molecule has 284 valence electrons. The van der Waals surface area contributed by atoms with Crippen molar-refractivity contribution in [2.75, 3.05) is 13.3 Å². The third-order valence-corrected chi connectivity index (χ3v) is 11.0. The Hall–Kier alpha value is -3.71. The summed E-state index contributed by atoms with van der Waals surface area (Å²) in [6, 6.07) is 0.430. The smallest absolute Gasteiger partial charge is 0.289 e. The number of likely N-dealkylation sites (tertiary alicyclic amines) is 1. The zero-order valence-electron chi connectivity index (χ0n) is 30.7. The second-order valence-electron chi connectivity index (χ2n) is 16.3. The average molecular weight is 742 g/mol. The molecule has 4 amide bonds. The van der Waals surface area contributed by atoms with Crippen LogP contribution in [-0.2, 0) is 40.2 Å². The molecule has 52 heavy (non-hydrogen) atoms. The molecule has 1 aromatic carbocycles. The van der Waals surface area contributed by atoms with E-state index in [0.717, 1.165) is 44.1 Å². The third kappa shape index (κ3) is 8.73. The minimum atomic E-state index is -1.09. The van der Waals surface area contributed by atoms with E-state index in [9.17, 15) is 24.0 Å². The van der Waals surface area contributed by atoms with Crippen molar-refractivity contribution in [3.05, 3.63) is 28.3 Å². The fourth-order valence-corrected chi connectivity index (χ4v) is 8.06. The largest absolute Gasteiger partial charge is 0.466 e. The van der Waals surface area contributed by atoms with Crippen LogP contribution in [0.25, 0.3) is 0 Å². The van der Waals surface area contributed by atoms with Gasteiger partial charge in [0.05, 0.1) is 24.9 Å². The molecule has 3 aliphatic heterocycles. The molecule has 1 saturated heterocycles. The second kappa shape index (κ2) is 15.7. The Kier molecular flexibility index (Phi) is 11.5. The number of ether oxygens (including phenoxy) is 2. The van der Waals surface area contributed by atoms with Crippen LogP contribution in [0.2, 0.25) is 5.02 Å². The van der Waals surface area contributed by atoms with Gasteiger partial charge in [-0.2, -0.15) is 0 Å². The van der Waals surface area contributed by atoms with E-state index in [1.165, 1.54) is 11.3 Å². The minimum absolute atomic E-state index is 0.00325. The predicted molar refractivity (Wildman–Crippen MR) is 192 cm³/mol. The van der Waals surface area contributed by atoms with Gasteiger partial charge in [-0.05, 0) is 55.6 Å². The number of hydrogen-bond donors (Lipinski definition) is 3. The van der Waals surface area contributed by atoms with Gasteiger partial charge in [-0.3, -0.25) is 24.0 Å². The summed E-state index contributed by atoms with van der Waals surface area (Å²) in [6.07, 6.45) is 8.43. The molecule has 13 nitrogen and oxygen atoms in total. The molecule has 14 heteroatoms. The third-order valence-electron chi connectivity index (χ3n) is 10.8. The van der Waals surface area contributed by atoms with Gasteiger partial charge in [-0.25, -0.2) is 0 Å². The van der Waals surface area contributed by atoms with E-state index < -0.39 is 52.6 Å². The van der Waals surface area contributed by atoms with E-state index in [2.05, 4.69) is 21.1 Å². The first-order valence-electron chi connectivity index (χ1n) is 18.8. The van der Waals surface area contributed by atoms with Crippen LogP contribution < -0.4 is 20.7 Å². The Labute approximate surface area is 310 Å². The Morgan fingerprint density at radius 1 is 1.06 bits per heavy atom. The molecule has 2 saturated carbocycles. The van der Waals surface area contributed by atoms with Crippen molar-refractivity contribution < 1.29 is 38.3 Å². The number of benzene rings is 1. The van der Waals surface area contributed by atoms with Gasteiger partial charge in [-0.15, -0.1) is 0 Å². The highest BCUT2D eigenvalue weighted by Gasteiger charge is 2.56. The Balaban J connectivity index is 1.26. The number of fused-ring (bicyclic) bond motifs is 1. The first-order chi connectivity index (χ1) is 24.8. The lowest BCUT2D eigenvalue weighted by atomic mass is 9.84. The van der Waals surface area contributed by atoms with Crippen LogP contribution in [0.15, 0.2) is 17.3 Å². The Morgan fingerprint density at radius 2 is 1.81 bits per heavy atom. The maximum absolute atomic E-state index is 14.7. The lowest BCUT2D eigenvalue weighted by Gasteiger charge is -2.36. The average Bonchev–Trinajstić information content (AvgIpc) is 3.70. The summed E-state index contributed by atoms with van der Waals surface area (Å²) in [7, 11) is 0. The van der Waals surface area contributed by atoms with Gasteiger partial charge in [0.15, 0.2) is 12.4 Å². The maximum atomic E-state index is 14.7. The summed E-state index contributed by atoms with van der Waals surface area (Å²) in [5.41, 5.74) is 0.182. The fraction of sp³-hybridized carbons (Fsp3) is 0.684. The van der Waals surface area contributed by atoms with Crippen LogP contribution in [0.1, 0.15) is 116 Å². The van der Waals surface area contributed by atoms with Gasteiger partial charge >= 0.3 is 0 Å². The van der Waals surface area contributed by atoms with E-state index in [4.69, 9.17) is 25.9 Å². The fourth-order valence-electron chi connectivity index (χ4n) is 7.82. The molecule has 5 aliphatic rings. The zero-order chi connectivity index (χ0) is 37.2. The summed E-state index contributed by atoms with van der Waals surface area (Å²) in [6.45, 7) is 7.90. The van der Waals surface area contributed by atoms with Crippen LogP contribution in [-0.4, -0.2) is 83.1 Å². The highest BCUT2D eigenvalue weighted by Crippen LogP contribution is 2.43.